The van der Waals surface area contributed by atoms with E-state index in [9.17, 15) is 34.2 Å². The van der Waals surface area contributed by atoms with Gasteiger partial charge in [0.05, 0.1) is 17.0 Å². The Labute approximate surface area is 258 Å². The molecule has 0 radical (unpaired) electrons. The molecule has 2 fully saturated rings. The van der Waals surface area contributed by atoms with Gasteiger partial charge in [-0.3, -0.25) is 24.0 Å². The maximum absolute atomic E-state index is 14.5. The van der Waals surface area contributed by atoms with Gasteiger partial charge in [-0.2, -0.15) is 0 Å². The van der Waals surface area contributed by atoms with Crippen molar-refractivity contribution in [2.45, 2.75) is 79.8 Å². The number of hydrogen-bond donors (Lipinski definition) is 2. The number of Topliss-reactive ketones (excluding diaryl/α,β-unsaturated/α-hetero) is 5. The molecule has 7 nitrogen and oxygen atoms in total. The fraction of sp³-hybridized carbons (Fsp3) is 0.486. The van der Waals surface area contributed by atoms with Crippen molar-refractivity contribution in [1.82, 2.24) is 0 Å². The lowest BCUT2D eigenvalue weighted by Gasteiger charge is -2.62. The van der Waals surface area contributed by atoms with Crippen molar-refractivity contribution in [3.63, 3.8) is 0 Å². The predicted molar refractivity (Wildman–Crippen MR) is 164 cm³/mol. The van der Waals surface area contributed by atoms with Gasteiger partial charge in [0.15, 0.2) is 28.7 Å². The summed E-state index contributed by atoms with van der Waals surface area (Å²) in [6.07, 6.45) is 0.238. The minimum absolute atomic E-state index is 0.0179. The largest absolute Gasteiger partial charge is 0.506 e. The number of phenolic OH excluding ortho intramolecular Hbond substituents is 1. The molecule has 7 heteroatoms. The minimum atomic E-state index is -2.72. The molecule has 2 N–H and O–H groups in total. The topological polar surface area (TPSA) is 126 Å². The molecule has 2 saturated carbocycles. The van der Waals surface area contributed by atoms with E-state index >= 15 is 0 Å². The first-order valence-electron chi connectivity index (χ1n) is 15.3. The van der Waals surface area contributed by atoms with Gasteiger partial charge in [0.1, 0.15) is 17.5 Å². The average molecular weight is 597 g/mol. The van der Waals surface area contributed by atoms with Crippen LogP contribution in [0.3, 0.4) is 0 Å². The zero-order valence-corrected chi connectivity index (χ0v) is 26.6. The number of ketones is 5. The average Bonchev–Trinajstić information content (AvgIpc) is 2.89. The molecule has 0 aromatic heterocycles. The molecular weight excluding hydrogens is 556 g/mol. The van der Waals surface area contributed by atoms with Crippen molar-refractivity contribution in [2.24, 2.45) is 34.5 Å². The summed E-state index contributed by atoms with van der Waals surface area (Å²) in [4.78, 5) is 69.1. The summed E-state index contributed by atoms with van der Waals surface area (Å²) in [5.74, 6) is -3.07. The molecule has 0 spiro atoms. The van der Waals surface area contributed by atoms with Crippen molar-refractivity contribution in [3.05, 3.63) is 63.7 Å². The van der Waals surface area contributed by atoms with Crippen molar-refractivity contribution in [1.29, 1.82) is 0 Å². The summed E-state index contributed by atoms with van der Waals surface area (Å²) in [5, 5.41) is 23.7. The Morgan fingerprint density at radius 1 is 1.00 bits per heavy atom. The quantitative estimate of drug-likeness (QED) is 0.380. The van der Waals surface area contributed by atoms with Gasteiger partial charge >= 0.3 is 0 Å². The molecule has 0 aliphatic heterocycles. The number of aliphatic hydroxyl groups is 1. The lowest BCUT2D eigenvalue weighted by Crippen LogP contribution is -2.76. The molecule has 3 aliphatic carbocycles. The highest BCUT2D eigenvalue weighted by atomic mass is 16.3. The van der Waals surface area contributed by atoms with Gasteiger partial charge in [-0.1, -0.05) is 65.5 Å². The Bertz CT molecular complexity index is 1720. The van der Waals surface area contributed by atoms with Crippen LogP contribution in [0.15, 0.2) is 30.3 Å². The fourth-order valence-corrected chi connectivity index (χ4v) is 8.70. The first-order valence-corrected chi connectivity index (χ1v) is 15.3. The minimum Gasteiger partial charge on any atom is -0.506 e. The molecule has 2 aromatic rings. The van der Waals surface area contributed by atoms with Crippen LogP contribution >= 0.6 is 0 Å². The monoisotopic (exact) mass is 596 g/mol. The van der Waals surface area contributed by atoms with E-state index in [4.69, 9.17) is 0 Å². The number of carbonyl (C=O) groups excluding carboxylic acids is 5. The number of rotatable bonds is 3. The van der Waals surface area contributed by atoms with Crippen molar-refractivity contribution in [2.75, 3.05) is 0 Å². The normalized spacial score (nSPS) is 31.3. The smallest absolute Gasteiger partial charge is 0.190 e. The van der Waals surface area contributed by atoms with Crippen molar-refractivity contribution < 1.29 is 34.2 Å². The summed E-state index contributed by atoms with van der Waals surface area (Å²) in [5.41, 5.74) is -1.92. The van der Waals surface area contributed by atoms with E-state index in [1.807, 2.05) is 45.0 Å². The lowest BCUT2D eigenvalue weighted by atomic mass is 9.39. The van der Waals surface area contributed by atoms with Crippen LogP contribution in [0.25, 0.3) is 0 Å². The van der Waals surface area contributed by atoms with Crippen LogP contribution in [0.5, 0.6) is 5.75 Å². The van der Waals surface area contributed by atoms with Gasteiger partial charge in [-0.25, -0.2) is 0 Å². The van der Waals surface area contributed by atoms with Gasteiger partial charge in [0.25, 0.3) is 0 Å². The molecule has 44 heavy (non-hydrogen) atoms. The highest BCUT2D eigenvalue weighted by Crippen LogP contribution is 2.64. The van der Waals surface area contributed by atoms with Crippen LogP contribution in [0.4, 0.5) is 0 Å². The molecule has 3 unspecified atom stereocenters. The number of aromatic hydroxyl groups is 1. The maximum Gasteiger partial charge on any atom is 0.190 e. The molecule has 0 heterocycles. The van der Waals surface area contributed by atoms with Gasteiger partial charge in [0, 0.05) is 16.9 Å². The summed E-state index contributed by atoms with van der Waals surface area (Å²) < 4.78 is 0. The summed E-state index contributed by atoms with van der Waals surface area (Å²) in [6.45, 7) is 13.9. The molecule has 5 rings (SSSR count). The number of hydrogen-bond acceptors (Lipinski definition) is 7. The summed E-state index contributed by atoms with van der Waals surface area (Å²) in [7, 11) is 0. The second kappa shape index (κ2) is 10.3. The molecule has 0 saturated heterocycles. The second-order valence-corrected chi connectivity index (χ2v) is 14.3. The van der Waals surface area contributed by atoms with E-state index in [0.717, 1.165) is 23.6 Å². The van der Waals surface area contributed by atoms with Crippen molar-refractivity contribution >= 4 is 28.9 Å². The first-order chi connectivity index (χ1) is 20.4. The van der Waals surface area contributed by atoms with E-state index in [1.54, 1.807) is 33.8 Å². The Morgan fingerprint density at radius 3 is 2.23 bits per heavy atom. The van der Waals surface area contributed by atoms with Crippen LogP contribution in [0.1, 0.15) is 99.0 Å². The molecule has 6 atom stereocenters. The van der Waals surface area contributed by atoms with Crippen LogP contribution in [0.2, 0.25) is 0 Å². The number of aryl methyl sites for hydroxylation is 1. The maximum atomic E-state index is 14.5. The Balaban J connectivity index is 1.72. The van der Waals surface area contributed by atoms with E-state index in [0.29, 0.717) is 5.56 Å². The highest BCUT2D eigenvalue weighted by Gasteiger charge is 2.76. The number of fused-ring (bicyclic) bond motifs is 3. The SMILES string of the molecule is CC(=O)C1C(=O)C(C(C)C)[C@@]2(C)C[C@@]3(C)Cc4c(C(C)C)cc(C#Cc5cccc(C)c5)c(O)c4C(=O)C3C(=O)[C@@]2(O)C1=O. The van der Waals surface area contributed by atoms with E-state index in [2.05, 4.69) is 11.8 Å². The van der Waals surface area contributed by atoms with Crippen LogP contribution in [-0.2, 0) is 25.6 Å². The lowest BCUT2D eigenvalue weighted by molar-refractivity contribution is -0.205. The number of benzene rings is 2. The van der Waals surface area contributed by atoms with Crippen LogP contribution in [0, 0.1) is 53.3 Å². The van der Waals surface area contributed by atoms with Crippen LogP contribution in [-0.4, -0.2) is 44.7 Å². The van der Waals surface area contributed by atoms with E-state index in [-0.39, 0.29) is 35.6 Å². The zero-order valence-electron chi connectivity index (χ0n) is 26.6. The first kappa shape index (κ1) is 31.5. The Kier molecular flexibility index (Phi) is 7.41. The van der Waals surface area contributed by atoms with Crippen LogP contribution < -0.4 is 0 Å². The van der Waals surface area contributed by atoms with Gasteiger partial charge in [-0.05, 0) is 78.8 Å². The summed E-state index contributed by atoms with van der Waals surface area (Å²) >= 11 is 0. The molecule has 0 amide bonds. The van der Waals surface area contributed by atoms with E-state index in [1.165, 1.54) is 0 Å². The standard InChI is InChI=1S/C37H40O7/c1-18(2)24-15-23(13-12-22-11-9-10-20(5)14-22)30(39)27-25(24)16-35(7)17-36(8)28(19(3)4)31(40)26(21(6)38)33(42)37(36,44)34(43)29(35)32(27)41/h9-11,14-15,18-19,26,28-29,39,44H,16-17H2,1-8H3/t26?,28?,29?,35-,36-,37+/m1/s1. The zero-order chi connectivity index (χ0) is 32.7. The third-order valence-electron chi connectivity index (χ3n) is 10.4. The third kappa shape index (κ3) is 4.25. The van der Waals surface area contributed by atoms with Gasteiger partial charge in [-0.15, -0.1) is 0 Å². The molecule has 3 aliphatic rings. The third-order valence-corrected chi connectivity index (χ3v) is 10.4. The molecule has 2 aromatic carbocycles. The van der Waals surface area contributed by atoms with Gasteiger partial charge < -0.3 is 10.2 Å². The second-order valence-electron chi connectivity index (χ2n) is 14.3. The summed E-state index contributed by atoms with van der Waals surface area (Å²) in [6, 6.07) is 9.38. The fourth-order valence-electron chi connectivity index (χ4n) is 8.70. The van der Waals surface area contributed by atoms with E-state index < -0.39 is 69.0 Å². The van der Waals surface area contributed by atoms with Crippen molar-refractivity contribution in [3.8, 4) is 17.6 Å². The number of phenols is 1. The molecular formula is C37H40O7. The highest BCUT2D eigenvalue weighted by molar-refractivity contribution is 6.32. The Morgan fingerprint density at radius 2 is 1.66 bits per heavy atom. The van der Waals surface area contributed by atoms with Gasteiger partial charge in [0.2, 0.25) is 0 Å². The Hall–Kier alpha value is -3.89. The predicted octanol–water partition coefficient (Wildman–Crippen LogP) is 4.92. The molecule has 230 valence electrons. The number of carbonyl (C=O) groups is 5. The molecule has 0 bridgehead atoms.